The highest BCUT2D eigenvalue weighted by Crippen LogP contribution is 1.88. The first-order chi connectivity index (χ1) is 3.91. The summed E-state index contributed by atoms with van der Waals surface area (Å²) in [6.45, 7) is 1.81. The highest BCUT2D eigenvalue weighted by molar-refractivity contribution is 5.08. The van der Waals surface area contributed by atoms with Crippen LogP contribution < -0.4 is 0 Å². The lowest BCUT2D eigenvalue weighted by atomic mass is 10.2. The third kappa shape index (κ3) is 5.12. The summed E-state index contributed by atoms with van der Waals surface area (Å²) >= 11 is 0. The summed E-state index contributed by atoms with van der Waals surface area (Å²) < 4.78 is 0. The van der Waals surface area contributed by atoms with Crippen molar-refractivity contribution in [1.29, 1.82) is 0 Å². The van der Waals surface area contributed by atoms with E-state index in [-0.39, 0.29) is 0 Å². The molecule has 0 nitrogen and oxygen atoms in total. The number of terminal acetylenes is 1. The van der Waals surface area contributed by atoms with Crippen LogP contribution >= 0.6 is 0 Å². The van der Waals surface area contributed by atoms with Gasteiger partial charge in [0.2, 0.25) is 0 Å². The van der Waals surface area contributed by atoms with Crippen molar-refractivity contribution in [3.8, 4) is 24.2 Å². The summed E-state index contributed by atoms with van der Waals surface area (Å²) in [5.41, 5.74) is 0. The second-order valence-electron chi connectivity index (χ2n) is 1.34. The van der Waals surface area contributed by atoms with Crippen LogP contribution in [0.3, 0.4) is 0 Å². The van der Waals surface area contributed by atoms with Gasteiger partial charge in [-0.15, -0.1) is 18.3 Å². The maximum absolute atomic E-state index is 4.99. The summed E-state index contributed by atoms with van der Waals surface area (Å²) in [5, 5.41) is 0. The van der Waals surface area contributed by atoms with Crippen molar-refractivity contribution in [2.75, 3.05) is 0 Å². The van der Waals surface area contributed by atoms with Crippen LogP contribution in [0.2, 0.25) is 0 Å². The molecule has 0 aliphatic heterocycles. The van der Waals surface area contributed by atoms with Crippen molar-refractivity contribution >= 4 is 0 Å². The maximum atomic E-state index is 4.99. The van der Waals surface area contributed by atoms with Gasteiger partial charge in [0.1, 0.15) is 0 Å². The predicted octanol–water partition coefficient (Wildman–Crippen LogP) is 1.63. The highest BCUT2D eigenvalue weighted by Gasteiger charge is 1.76. The van der Waals surface area contributed by atoms with Crippen LogP contribution in [0.25, 0.3) is 0 Å². The minimum absolute atomic E-state index is 0.800. The van der Waals surface area contributed by atoms with Gasteiger partial charge in [0.15, 0.2) is 0 Å². The Labute approximate surface area is 51.3 Å². The van der Waals surface area contributed by atoms with Crippen molar-refractivity contribution in [2.45, 2.75) is 19.8 Å². The Morgan fingerprint density at radius 3 is 2.88 bits per heavy atom. The summed E-state index contributed by atoms with van der Waals surface area (Å²) in [6.07, 6.45) is 8.60. The molecule has 0 saturated heterocycles. The van der Waals surface area contributed by atoms with E-state index in [9.17, 15) is 0 Å². The van der Waals surface area contributed by atoms with Crippen molar-refractivity contribution in [1.82, 2.24) is 0 Å². The van der Waals surface area contributed by atoms with Crippen LogP contribution in [-0.4, -0.2) is 0 Å². The van der Waals surface area contributed by atoms with Gasteiger partial charge >= 0.3 is 0 Å². The van der Waals surface area contributed by atoms with Gasteiger partial charge in [-0.1, -0.05) is 5.92 Å². The molecule has 0 N–H and O–H groups in total. The number of unbranched alkanes of at least 4 members (excludes halogenated alkanes) is 2. The second-order valence-corrected chi connectivity index (χ2v) is 1.34. The van der Waals surface area contributed by atoms with Crippen molar-refractivity contribution in [3.63, 3.8) is 0 Å². The van der Waals surface area contributed by atoms with Gasteiger partial charge in [-0.3, -0.25) is 0 Å². The van der Waals surface area contributed by atoms with Crippen LogP contribution in [0.5, 0.6) is 0 Å². The zero-order chi connectivity index (χ0) is 6.24. The molecule has 0 rings (SSSR count). The van der Waals surface area contributed by atoms with Crippen LogP contribution in [0.1, 0.15) is 19.8 Å². The summed E-state index contributed by atoms with van der Waals surface area (Å²) in [4.78, 5) is 0. The molecule has 0 atom stereocenters. The molecule has 0 aromatic heterocycles. The zero-order valence-electron chi connectivity index (χ0n) is 5.07. The number of hydrogen-bond donors (Lipinski definition) is 0. The van der Waals surface area contributed by atoms with Crippen molar-refractivity contribution < 1.29 is 0 Å². The van der Waals surface area contributed by atoms with E-state index >= 15 is 0 Å². The molecule has 0 fully saturated rings. The molecule has 0 aromatic carbocycles. The molecule has 0 spiro atoms. The molecule has 0 aliphatic rings. The average molecular weight is 105 g/mol. The number of hydrogen-bond acceptors (Lipinski definition) is 0. The molecule has 0 heteroatoms. The van der Waals surface area contributed by atoms with Crippen LogP contribution in [0.15, 0.2) is 0 Å². The fraction of sp³-hybridized carbons (Fsp3) is 0.375. The molecule has 0 aliphatic carbocycles. The van der Waals surface area contributed by atoms with Crippen molar-refractivity contribution in [2.24, 2.45) is 0 Å². The highest BCUT2D eigenvalue weighted by atomic mass is 13.8. The van der Waals surface area contributed by atoms with E-state index in [2.05, 4.69) is 17.8 Å². The molecule has 1 radical (unpaired) electrons. The summed E-state index contributed by atoms with van der Waals surface area (Å²) in [7, 11) is 0. The van der Waals surface area contributed by atoms with E-state index in [1.165, 1.54) is 0 Å². The normalized spacial score (nSPS) is 6.50. The number of rotatable bonds is 2. The molecular weight excluding hydrogens is 96.1 g/mol. The molecular formula is C8H9. The van der Waals surface area contributed by atoms with Gasteiger partial charge in [-0.2, -0.15) is 0 Å². The Balaban J connectivity index is 2.93. The summed E-state index contributed by atoms with van der Waals surface area (Å²) in [5.74, 6) is 8.09. The van der Waals surface area contributed by atoms with Gasteiger partial charge < -0.3 is 0 Å². The molecule has 0 unspecified atom stereocenters. The SMILES string of the molecule is C#CCC[CH]C#CC. The Bertz CT molecular complexity index is 126. The quantitative estimate of drug-likeness (QED) is 0.370. The van der Waals surface area contributed by atoms with E-state index in [0.717, 1.165) is 12.8 Å². The van der Waals surface area contributed by atoms with E-state index in [1.807, 2.05) is 13.3 Å². The molecule has 0 aromatic rings. The maximum Gasteiger partial charge on any atom is 0.0349 e. The minimum atomic E-state index is 0.800. The van der Waals surface area contributed by atoms with Gasteiger partial charge in [0.05, 0.1) is 0 Å². The molecule has 41 valence electrons. The Morgan fingerprint density at radius 1 is 1.62 bits per heavy atom. The van der Waals surface area contributed by atoms with Crippen LogP contribution in [0.4, 0.5) is 0 Å². The van der Waals surface area contributed by atoms with Gasteiger partial charge in [-0.05, 0) is 13.3 Å². The monoisotopic (exact) mass is 105 g/mol. The topological polar surface area (TPSA) is 0 Å². The Kier molecular flexibility index (Phi) is 5.45. The van der Waals surface area contributed by atoms with Gasteiger partial charge in [-0.25, -0.2) is 0 Å². The van der Waals surface area contributed by atoms with E-state index < -0.39 is 0 Å². The fourth-order valence-corrected chi connectivity index (χ4v) is 0.330. The third-order valence-electron chi connectivity index (χ3n) is 0.679. The lowest BCUT2D eigenvalue weighted by Crippen LogP contribution is -1.68. The van der Waals surface area contributed by atoms with Crippen molar-refractivity contribution in [3.05, 3.63) is 6.42 Å². The molecule has 0 heterocycles. The Morgan fingerprint density at radius 2 is 2.38 bits per heavy atom. The standard InChI is InChI=1S/C8H9/c1-3-5-7-8-6-4-2/h1,8H,5,7H2,2H3. The van der Waals surface area contributed by atoms with Crippen LogP contribution in [-0.2, 0) is 0 Å². The van der Waals surface area contributed by atoms with E-state index in [1.54, 1.807) is 0 Å². The third-order valence-corrected chi connectivity index (χ3v) is 0.679. The smallest absolute Gasteiger partial charge is 0.0349 e. The van der Waals surface area contributed by atoms with Crippen LogP contribution in [0, 0.1) is 30.6 Å². The molecule has 8 heavy (non-hydrogen) atoms. The van der Waals surface area contributed by atoms with Gasteiger partial charge in [0.25, 0.3) is 0 Å². The zero-order valence-corrected chi connectivity index (χ0v) is 5.07. The first-order valence-electron chi connectivity index (χ1n) is 2.59. The van der Waals surface area contributed by atoms with E-state index in [4.69, 9.17) is 6.42 Å². The van der Waals surface area contributed by atoms with Gasteiger partial charge in [0, 0.05) is 12.8 Å². The lowest BCUT2D eigenvalue weighted by Gasteiger charge is -1.80. The summed E-state index contributed by atoms with van der Waals surface area (Å²) in [6, 6.07) is 0. The largest absolute Gasteiger partial charge is 0.120 e. The lowest BCUT2D eigenvalue weighted by molar-refractivity contribution is 1.04. The fourth-order valence-electron chi connectivity index (χ4n) is 0.330. The Hall–Kier alpha value is -0.880. The minimum Gasteiger partial charge on any atom is -0.120 e. The predicted molar refractivity (Wildman–Crippen MR) is 35.8 cm³/mol. The van der Waals surface area contributed by atoms with E-state index in [0.29, 0.717) is 0 Å². The first-order valence-corrected chi connectivity index (χ1v) is 2.59. The second kappa shape index (κ2) is 6.12. The molecule has 0 amide bonds. The first kappa shape index (κ1) is 7.12. The molecule has 0 bridgehead atoms. The molecule has 0 saturated carbocycles. The average Bonchev–Trinajstić information content (AvgIpc) is 1.81.